The lowest BCUT2D eigenvalue weighted by Gasteiger charge is -2.40. The molecule has 0 radical (unpaired) electrons. The molecular weight excluding hydrogens is 803 g/mol. The molecule has 64 heavy (non-hydrogen) atoms. The molecule has 1 fully saturated rings. The maximum atomic E-state index is 13.0. The Kier molecular flexibility index (Phi) is 42.3. The smallest absolute Gasteiger partial charge is 0.220 e. The van der Waals surface area contributed by atoms with E-state index in [0.717, 1.165) is 70.6 Å². The highest BCUT2D eigenvalue weighted by molar-refractivity contribution is 5.76. The fourth-order valence-corrected chi connectivity index (χ4v) is 8.31. The van der Waals surface area contributed by atoms with Crippen LogP contribution < -0.4 is 5.32 Å². The predicted molar refractivity (Wildman–Crippen MR) is 267 cm³/mol. The van der Waals surface area contributed by atoms with Gasteiger partial charge in [-0.25, -0.2) is 0 Å². The van der Waals surface area contributed by atoms with Crippen LogP contribution in [0, 0.1) is 0 Å². The number of ether oxygens (including phenoxy) is 2. The van der Waals surface area contributed by atoms with Crippen molar-refractivity contribution < 1.29 is 39.8 Å². The van der Waals surface area contributed by atoms with Gasteiger partial charge in [-0.2, -0.15) is 0 Å². The van der Waals surface area contributed by atoms with Crippen LogP contribution in [0.5, 0.6) is 0 Å². The maximum Gasteiger partial charge on any atom is 0.220 e. The lowest BCUT2D eigenvalue weighted by molar-refractivity contribution is -0.302. The molecule has 7 unspecified atom stereocenters. The first kappa shape index (κ1) is 60.2. The Bertz CT molecular complexity index is 1140. The standard InChI is InChI=1S/C55H101NO8/c1-3-5-7-9-11-13-15-17-19-20-21-22-23-24-25-26-27-28-29-30-31-32-34-36-38-40-42-44-49(58)48(47-63-55-54(62)53(61)52(60)50(46-57)64-55)56-51(59)45-43-41-39-37-35-33-18-16-14-12-10-8-6-4-2/h10,12,16,18,34,36,42,44,48-50,52-55,57-58,60-62H,3-9,11,13-15,17,19-33,35,37-41,43,45-47H2,1-2H3,(H,56,59)/b12-10-,18-16-,36-34+,44-42+. The maximum absolute atomic E-state index is 13.0. The van der Waals surface area contributed by atoms with Crippen molar-refractivity contribution in [2.24, 2.45) is 0 Å². The number of aliphatic hydroxyl groups excluding tert-OH is 5. The van der Waals surface area contributed by atoms with Crippen molar-refractivity contribution in [3.63, 3.8) is 0 Å². The van der Waals surface area contributed by atoms with Gasteiger partial charge in [0.1, 0.15) is 24.4 Å². The third-order valence-corrected chi connectivity index (χ3v) is 12.6. The molecule has 0 aromatic rings. The molecule has 0 spiro atoms. The van der Waals surface area contributed by atoms with Crippen molar-refractivity contribution in [3.8, 4) is 0 Å². The van der Waals surface area contributed by atoms with Gasteiger partial charge in [-0.3, -0.25) is 4.79 Å². The van der Waals surface area contributed by atoms with Gasteiger partial charge < -0.3 is 40.3 Å². The molecule has 1 amide bonds. The molecule has 1 saturated heterocycles. The first-order valence-electron chi connectivity index (χ1n) is 26.9. The zero-order valence-electron chi connectivity index (χ0n) is 41.3. The predicted octanol–water partition coefficient (Wildman–Crippen LogP) is 12.6. The van der Waals surface area contributed by atoms with Crippen molar-refractivity contribution >= 4 is 5.91 Å². The average Bonchev–Trinajstić information content (AvgIpc) is 3.29. The fraction of sp³-hybridized carbons (Fsp3) is 0.836. The number of aliphatic hydroxyl groups is 5. The van der Waals surface area contributed by atoms with E-state index in [-0.39, 0.29) is 12.5 Å². The molecule has 1 aliphatic rings. The zero-order valence-corrected chi connectivity index (χ0v) is 41.3. The third kappa shape index (κ3) is 34.5. The van der Waals surface area contributed by atoms with Gasteiger partial charge in [-0.15, -0.1) is 0 Å². The summed E-state index contributed by atoms with van der Waals surface area (Å²) in [5, 5.41) is 54.3. The molecule has 1 heterocycles. The summed E-state index contributed by atoms with van der Waals surface area (Å²) in [6, 6.07) is -0.830. The van der Waals surface area contributed by atoms with Gasteiger partial charge in [-0.1, -0.05) is 223 Å². The van der Waals surface area contributed by atoms with Gasteiger partial charge in [0, 0.05) is 6.42 Å². The lowest BCUT2D eigenvalue weighted by atomic mass is 9.99. The van der Waals surface area contributed by atoms with Crippen LogP contribution in [0.4, 0.5) is 0 Å². The molecule has 0 bridgehead atoms. The van der Waals surface area contributed by atoms with Gasteiger partial charge in [0.2, 0.25) is 5.91 Å². The normalized spacial score (nSPS) is 20.4. The first-order valence-corrected chi connectivity index (χ1v) is 26.9. The minimum atomic E-state index is -1.58. The van der Waals surface area contributed by atoms with Crippen LogP contribution in [0.1, 0.15) is 239 Å². The molecule has 9 nitrogen and oxygen atoms in total. The molecule has 374 valence electrons. The first-order chi connectivity index (χ1) is 31.3. The Balaban J connectivity index is 2.26. The molecule has 7 atom stereocenters. The molecule has 0 saturated carbocycles. The Morgan fingerprint density at radius 1 is 0.531 bits per heavy atom. The van der Waals surface area contributed by atoms with Gasteiger partial charge in [-0.05, 0) is 57.8 Å². The third-order valence-electron chi connectivity index (χ3n) is 12.6. The van der Waals surface area contributed by atoms with Crippen molar-refractivity contribution in [2.75, 3.05) is 13.2 Å². The van der Waals surface area contributed by atoms with E-state index in [9.17, 15) is 30.3 Å². The molecule has 6 N–H and O–H groups in total. The monoisotopic (exact) mass is 904 g/mol. The van der Waals surface area contributed by atoms with Crippen molar-refractivity contribution in [2.45, 2.75) is 281 Å². The summed E-state index contributed by atoms with van der Waals surface area (Å²) in [6.07, 6.45) is 51.8. The topological polar surface area (TPSA) is 149 Å². The van der Waals surface area contributed by atoms with Crippen LogP contribution in [0.3, 0.4) is 0 Å². The highest BCUT2D eigenvalue weighted by Crippen LogP contribution is 2.23. The van der Waals surface area contributed by atoms with E-state index >= 15 is 0 Å². The number of hydrogen-bond donors (Lipinski definition) is 6. The number of hydrogen-bond acceptors (Lipinski definition) is 8. The highest BCUT2D eigenvalue weighted by Gasteiger charge is 2.44. The Morgan fingerprint density at radius 3 is 1.45 bits per heavy atom. The molecular formula is C55H101NO8. The van der Waals surface area contributed by atoms with E-state index < -0.39 is 49.5 Å². The summed E-state index contributed by atoms with van der Waals surface area (Å²) in [4.78, 5) is 13.0. The zero-order chi connectivity index (χ0) is 46.6. The summed E-state index contributed by atoms with van der Waals surface area (Å²) in [7, 11) is 0. The van der Waals surface area contributed by atoms with Crippen molar-refractivity contribution in [1.82, 2.24) is 5.32 Å². The lowest BCUT2D eigenvalue weighted by Crippen LogP contribution is -2.60. The van der Waals surface area contributed by atoms with E-state index in [1.165, 1.54) is 148 Å². The largest absolute Gasteiger partial charge is 0.394 e. The van der Waals surface area contributed by atoms with E-state index in [2.05, 4.69) is 55.6 Å². The summed E-state index contributed by atoms with van der Waals surface area (Å²) >= 11 is 0. The SMILES string of the molecule is CCCC/C=C\C/C=C\CCCCCCCC(=O)NC(COC1OC(CO)C(O)C(O)C1O)C(O)/C=C/CC/C=C/CCCCCCCCCCCCCCCCCCCCCCC. The van der Waals surface area contributed by atoms with Crippen LogP contribution in [0.15, 0.2) is 48.6 Å². The van der Waals surface area contributed by atoms with E-state index in [0.29, 0.717) is 6.42 Å². The van der Waals surface area contributed by atoms with Crippen LogP contribution in [-0.2, 0) is 14.3 Å². The van der Waals surface area contributed by atoms with E-state index in [4.69, 9.17) is 9.47 Å². The van der Waals surface area contributed by atoms with Crippen LogP contribution in [-0.4, -0.2) is 87.5 Å². The Hall–Kier alpha value is -1.85. The minimum absolute atomic E-state index is 0.201. The number of allylic oxidation sites excluding steroid dienone is 7. The highest BCUT2D eigenvalue weighted by atomic mass is 16.7. The van der Waals surface area contributed by atoms with Crippen LogP contribution in [0.25, 0.3) is 0 Å². The second kappa shape index (κ2) is 45.0. The minimum Gasteiger partial charge on any atom is -0.394 e. The molecule has 0 aliphatic carbocycles. The summed E-state index contributed by atoms with van der Waals surface area (Å²) < 4.78 is 11.2. The second-order valence-electron chi connectivity index (χ2n) is 18.7. The van der Waals surface area contributed by atoms with Crippen LogP contribution in [0.2, 0.25) is 0 Å². The quantitative estimate of drug-likeness (QED) is 0.0261. The number of nitrogens with one attached hydrogen (secondary N) is 1. The number of rotatable bonds is 45. The van der Waals surface area contributed by atoms with Crippen molar-refractivity contribution in [3.05, 3.63) is 48.6 Å². The van der Waals surface area contributed by atoms with Crippen molar-refractivity contribution in [1.29, 1.82) is 0 Å². The number of unbranched alkanes of at least 4 members (excludes halogenated alkanes) is 29. The fourth-order valence-electron chi connectivity index (χ4n) is 8.31. The average molecular weight is 904 g/mol. The summed E-state index contributed by atoms with van der Waals surface area (Å²) in [5.74, 6) is -0.201. The second-order valence-corrected chi connectivity index (χ2v) is 18.7. The number of amides is 1. The van der Waals surface area contributed by atoms with Gasteiger partial charge in [0.25, 0.3) is 0 Å². The summed E-state index contributed by atoms with van der Waals surface area (Å²) in [5.41, 5.74) is 0. The molecule has 9 heteroatoms. The van der Waals surface area contributed by atoms with E-state index in [1.807, 2.05) is 6.08 Å². The Labute approximate surface area is 393 Å². The molecule has 1 aliphatic heterocycles. The van der Waals surface area contributed by atoms with E-state index in [1.54, 1.807) is 6.08 Å². The Morgan fingerprint density at radius 2 is 0.953 bits per heavy atom. The summed E-state index contributed by atoms with van der Waals surface area (Å²) in [6.45, 7) is 3.72. The van der Waals surface area contributed by atoms with Gasteiger partial charge >= 0.3 is 0 Å². The van der Waals surface area contributed by atoms with Gasteiger partial charge in [0.05, 0.1) is 25.4 Å². The number of carbonyl (C=O) groups excluding carboxylic acids is 1. The molecule has 0 aromatic heterocycles. The van der Waals surface area contributed by atoms with Crippen LogP contribution >= 0.6 is 0 Å². The molecule has 0 aromatic carbocycles. The van der Waals surface area contributed by atoms with Gasteiger partial charge in [0.15, 0.2) is 6.29 Å². The number of carbonyl (C=O) groups is 1. The molecule has 1 rings (SSSR count).